The Kier molecular flexibility index (Phi) is 5.01. The van der Waals surface area contributed by atoms with Gasteiger partial charge >= 0.3 is 0 Å². The maximum Gasteiger partial charge on any atom is 0.0669 e. The Hall–Kier alpha value is -1.33. The van der Waals surface area contributed by atoms with E-state index in [9.17, 15) is 0 Å². The third-order valence-electron chi connectivity index (χ3n) is 2.97. The molecule has 0 heterocycles. The van der Waals surface area contributed by atoms with Crippen LogP contribution >= 0.6 is 0 Å². The molecule has 0 amide bonds. The van der Waals surface area contributed by atoms with Gasteiger partial charge in [-0.25, -0.2) is 0 Å². The number of nitrogens with one attached hydrogen (secondary N) is 1. The molecule has 1 aromatic carbocycles. The zero-order valence-electron chi connectivity index (χ0n) is 10.4. The zero-order valence-corrected chi connectivity index (χ0v) is 10.4. The summed E-state index contributed by atoms with van der Waals surface area (Å²) in [6.45, 7) is 7.92. The van der Waals surface area contributed by atoms with Crippen molar-refractivity contribution in [3.05, 3.63) is 34.9 Å². The van der Waals surface area contributed by atoms with Gasteiger partial charge in [-0.2, -0.15) is 5.26 Å². The molecule has 0 fully saturated rings. The lowest BCUT2D eigenvalue weighted by Crippen LogP contribution is -2.21. The van der Waals surface area contributed by atoms with Gasteiger partial charge in [0, 0.05) is 13.1 Å². The first-order valence-electron chi connectivity index (χ1n) is 5.83. The van der Waals surface area contributed by atoms with Crippen LogP contribution in [0.2, 0.25) is 0 Å². The van der Waals surface area contributed by atoms with Gasteiger partial charge in [0.25, 0.3) is 0 Å². The fraction of sp³-hybridized carbons (Fsp3) is 0.500. The second kappa shape index (κ2) is 6.30. The summed E-state index contributed by atoms with van der Waals surface area (Å²) < 4.78 is 0. The van der Waals surface area contributed by atoms with E-state index in [2.05, 4.69) is 43.4 Å². The molecule has 1 unspecified atom stereocenters. The van der Waals surface area contributed by atoms with Gasteiger partial charge in [-0.1, -0.05) is 25.1 Å². The number of rotatable bonds is 5. The van der Waals surface area contributed by atoms with Crippen molar-refractivity contribution in [2.75, 3.05) is 6.54 Å². The third-order valence-corrected chi connectivity index (χ3v) is 2.97. The van der Waals surface area contributed by atoms with Gasteiger partial charge in [0.1, 0.15) is 0 Å². The first kappa shape index (κ1) is 12.7. The minimum atomic E-state index is 0.131. The Labute approximate surface area is 98.3 Å². The molecule has 0 aromatic heterocycles. The number of hydrogen-bond acceptors (Lipinski definition) is 2. The van der Waals surface area contributed by atoms with Gasteiger partial charge in [-0.3, -0.25) is 0 Å². The van der Waals surface area contributed by atoms with Crippen LogP contribution in [0.1, 0.15) is 30.0 Å². The Morgan fingerprint density at radius 1 is 1.31 bits per heavy atom. The summed E-state index contributed by atoms with van der Waals surface area (Å²) >= 11 is 0. The lowest BCUT2D eigenvalue weighted by atomic mass is 10.1. The van der Waals surface area contributed by atoms with Gasteiger partial charge < -0.3 is 5.32 Å². The molecule has 0 radical (unpaired) electrons. The normalized spacial score (nSPS) is 12.1. The minimum absolute atomic E-state index is 0.131. The number of hydrogen-bond donors (Lipinski definition) is 1. The molecule has 1 rings (SSSR count). The van der Waals surface area contributed by atoms with E-state index in [0.717, 1.165) is 19.5 Å². The molecule has 86 valence electrons. The van der Waals surface area contributed by atoms with Crippen LogP contribution in [0.15, 0.2) is 18.2 Å². The molecule has 0 bridgehead atoms. The molecule has 0 aliphatic rings. The van der Waals surface area contributed by atoms with E-state index in [-0.39, 0.29) is 5.92 Å². The molecule has 2 heteroatoms. The predicted molar refractivity (Wildman–Crippen MR) is 67.0 cm³/mol. The Balaban J connectivity index is 2.43. The first-order chi connectivity index (χ1) is 7.67. The van der Waals surface area contributed by atoms with Gasteiger partial charge in [-0.15, -0.1) is 0 Å². The Morgan fingerprint density at radius 3 is 2.62 bits per heavy atom. The van der Waals surface area contributed by atoms with Gasteiger partial charge in [0.2, 0.25) is 0 Å². The van der Waals surface area contributed by atoms with Crippen molar-refractivity contribution in [3.63, 3.8) is 0 Å². The van der Waals surface area contributed by atoms with Crippen LogP contribution in [-0.2, 0) is 6.54 Å². The fourth-order valence-electron chi connectivity index (χ4n) is 1.59. The quantitative estimate of drug-likeness (QED) is 0.821. The summed E-state index contributed by atoms with van der Waals surface area (Å²) in [5.41, 5.74) is 3.94. The molecule has 2 nitrogen and oxygen atoms in total. The summed E-state index contributed by atoms with van der Waals surface area (Å²) in [7, 11) is 0. The van der Waals surface area contributed by atoms with Crippen molar-refractivity contribution in [2.45, 2.75) is 33.7 Å². The van der Waals surface area contributed by atoms with E-state index < -0.39 is 0 Å². The van der Waals surface area contributed by atoms with Crippen LogP contribution in [0.5, 0.6) is 0 Å². The average molecular weight is 216 g/mol. The minimum Gasteiger partial charge on any atom is -0.311 e. The van der Waals surface area contributed by atoms with Crippen molar-refractivity contribution in [1.29, 1.82) is 5.26 Å². The zero-order chi connectivity index (χ0) is 12.0. The summed E-state index contributed by atoms with van der Waals surface area (Å²) in [5, 5.41) is 12.1. The average Bonchev–Trinajstić information content (AvgIpc) is 2.29. The number of nitriles is 1. The molecule has 16 heavy (non-hydrogen) atoms. The van der Waals surface area contributed by atoms with Crippen molar-refractivity contribution < 1.29 is 0 Å². The Bertz CT molecular complexity index is 377. The summed E-state index contributed by atoms with van der Waals surface area (Å²) in [4.78, 5) is 0. The highest BCUT2D eigenvalue weighted by Crippen LogP contribution is 2.09. The van der Waals surface area contributed by atoms with E-state index in [0.29, 0.717) is 0 Å². The molecule has 0 spiro atoms. The highest BCUT2D eigenvalue weighted by Gasteiger charge is 2.03. The van der Waals surface area contributed by atoms with Gasteiger partial charge in [-0.05, 0) is 37.0 Å². The molecular weight excluding hydrogens is 196 g/mol. The largest absolute Gasteiger partial charge is 0.311 e. The lowest BCUT2D eigenvalue weighted by Gasteiger charge is -2.09. The van der Waals surface area contributed by atoms with E-state index >= 15 is 0 Å². The van der Waals surface area contributed by atoms with E-state index in [1.54, 1.807) is 0 Å². The molecule has 0 saturated heterocycles. The first-order valence-corrected chi connectivity index (χ1v) is 5.83. The summed E-state index contributed by atoms with van der Waals surface area (Å²) in [6.07, 6.45) is 0.913. The van der Waals surface area contributed by atoms with Crippen molar-refractivity contribution in [1.82, 2.24) is 5.32 Å². The topological polar surface area (TPSA) is 35.8 Å². The van der Waals surface area contributed by atoms with Crippen LogP contribution < -0.4 is 5.32 Å². The second-order valence-corrected chi connectivity index (χ2v) is 4.28. The molecule has 0 saturated carbocycles. The lowest BCUT2D eigenvalue weighted by molar-refractivity contribution is 0.553. The second-order valence-electron chi connectivity index (χ2n) is 4.28. The molecule has 1 aromatic rings. The fourth-order valence-corrected chi connectivity index (χ4v) is 1.59. The maximum atomic E-state index is 8.81. The standard InChI is InChI=1S/C14H20N2/c1-4-13(8-15)9-16-10-14-6-5-11(2)12(3)7-14/h5-7,13,16H,4,9-10H2,1-3H3. The number of nitrogens with zero attached hydrogens (tertiary/aromatic N) is 1. The van der Waals surface area contributed by atoms with Gasteiger partial charge in [0.05, 0.1) is 12.0 Å². The van der Waals surface area contributed by atoms with Crippen LogP contribution in [0, 0.1) is 31.1 Å². The van der Waals surface area contributed by atoms with Crippen LogP contribution in [-0.4, -0.2) is 6.54 Å². The highest BCUT2D eigenvalue weighted by molar-refractivity contribution is 5.29. The van der Waals surface area contributed by atoms with Crippen molar-refractivity contribution in [3.8, 4) is 6.07 Å². The van der Waals surface area contributed by atoms with E-state index in [1.807, 2.05) is 6.92 Å². The molecule has 1 N–H and O–H groups in total. The van der Waals surface area contributed by atoms with Crippen molar-refractivity contribution in [2.24, 2.45) is 5.92 Å². The number of aryl methyl sites for hydroxylation is 2. The molecule has 1 atom stereocenters. The SMILES string of the molecule is CCC(C#N)CNCc1ccc(C)c(C)c1. The summed E-state index contributed by atoms with van der Waals surface area (Å²) in [6, 6.07) is 8.79. The molecular formula is C14H20N2. The van der Waals surface area contributed by atoms with Gasteiger partial charge in [0.15, 0.2) is 0 Å². The van der Waals surface area contributed by atoms with Crippen LogP contribution in [0.25, 0.3) is 0 Å². The van der Waals surface area contributed by atoms with Crippen LogP contribution in [0.4, 0.5) is 0 Å². The van der Waals surface area contributed by atoms with Crippen molar-refractivity contribution >= 4 is 0 Å². The van der Waals surface area contributed by atoms with E-state index in [4.69, 9.17) is 5.26 Å². The Morgan fingerprint density at radius 2 is 2.06 bits per heavy atom. The monoisotopic (exact) mass is 216 g/mol. The summed E-state index contributed by atoms with van der Waals surface area (Å²) in [5.74, 6) is 0.131. The molecule has 0 aliphatic carbocycles. The molecule has 0 aliphatic heterocycles. The van der Waals surface area contributed by atoms with Crippen LogP contribution in [0.3, 0.4) is 0 Å². The highest BCUT2D eigenvalue weighted by atomic mass is 14.9. The smallest absolute Gasteiger partial charge is 0.0669 e. The predicted octanol–water partition coefficient (Wildman–Crippen LogP) is 2.94. The number of benzene rings is 1. The maximum absolute atomic E-state index is 8.81. The van der Waals surface area contributed by atoms with E-state index in [1.165, 1.54) is 16.7 Å². The third kappa shape index (κ3) is 3.67.